The van der Waals surface area contributed by atoms with Crippen molar-refractivity contribution in [3.8, 4) is 0 Å². The van der Waals surface area contributed by atoms with Crippen LogP contribution in [-0.4, -0.2) is 0 Å². The van der Waals surface area contributed by atoms with E-state index in [2.05, 4.69) is 34.6 Å². The third kappa shape index (κ3) is 3.15. The summed E-state index contributed by atoms with van der Waals surface area (Å²) in [5.74, 6) is 0.603. The Morgan fingerprint density at radius 3 is 2.12 bits per heavy atom. The van der Waals surface area contributed by atoms with Gasteiger partial charge in [0.05, 0.1) is 0 Å². The summed E-state index contributed by atoms with van der Waals surface area (Å²) in [6, 6.07) is 4.01. The van der Waals surface area contributed by atoms with E-state index in [1.54, 1.807) is 0 Å². The van der Waals surface area contributed by atoms with E-state index >= 15 is 0 Å². The molecule has 0 fully saturated rings. The Hall–Kier alpha value is -0.200. The van der Waals surface area contributed by atoms with Crippen LogP contribution in [-0.2, 0) is 11.8 Å². The first-order valence-electron chi connectivity index (χ1n) is 5.71. The zero-order chi connectivity index (χ0) is 12.5. The number of hydrogen-bond donors (Lipinski definition) is 0. The molecule has 2 heteroatoms. The van der Waals surface area contributed by atoms with Crippen molar-refractivity contribution in [3.63, 3.8) is 0 Å². The van der Waals surface area contributed by atoms with Crippen LogP contribution in [0, 0.1) is 5.92 Å². The van der Waals surface area contributed by atoms with Gasteiger partial charge < -0.3 is 0 Å². The molecule has 1 aromatic rings. The van der Waals surface area contributed by atoms with E-state index in [9.17, 15) is 0 Å². The van der Waals surface area contributed by atoms with Gasteiger partial charge in [0, 0.05) is 10.0 Å². The highest BCUT2D eigenvalue weighted by molar-refractivity contribution is 6.36. The third-order valence-corrected chi connectivity index (χ3v) is 3.30. The maximum absolute atomic E-state index is 6.46. The number of rotatable bonds is 2. The maximum Gasteiger partial charge on any atom is 0.0490 e. The van der Waals surface area contributed by atoms with Gasteiger partial charge in [-0.2, -0.15) is 0 Å². The normalized spacial score (nSPS) is 12.2. The zero-order valence-corrected chi connectivity index (χ0v) is 12.2. The van der Waals surface area contributed by atoms with Crippen molar-refractivity contribution in [3.05, 3.63) is 33.3 Å². The molecule has 0 bridgehead atoms. The zero-order valence-electron chi connectivity index (χ0n) is 10.7. The predicted octanol–water partition coefficient (Wildman–Crippen LogP) is 5.49. The standard InChI is InChI=1S/C14H20Cl2/c1-9(2)8-10-6-7-11(15)12(13(10)16)14(3,4)5/h6-7,9H,8H2,1-5H3. The van der Waals surface area contributed by atoms with Gasteiger partial charge in [0.25, 0.3) is 0 Å². The summed E-state index contributed by atoms with van der Waals surface area (Å²) in [5.41, 5.74) is 2.25. The summed E-state index contributed by atoms with van der Waals surface area (Å²) in [4.78, 5) is 0. The summed E-state index contributed by atoms with van der Waals surface area (Å²) in [6.07, 6.45) is 0.999. The van der Waals surface area contributed by atoms with Gasteiger partial charge >= 0.3 is 0 Å². The Bertz CT molecular complexity index is 373. The largest absolute Gasteiger partial charge is 0.0840 e. The molecule has 1 rings (SSSR count). The quantitative estimate of drug-likeness (QED) is 0.658. The first-order chi connectivity index (χ1) is 7.23. The lowest BCUT2D eigenvalue weighted by Crippen LogP contribution is -2.14. The van der Waals surface area contributed by atoms with Crippen molar-refractivity contribution >= 4 is 23.2 Å². The minimum atomic E-state index is -0.0127. The molecule has 0 radical (unpaired) electrons. The van der Waals surface area contributed by atoms with Crippen molar-refractivity contribution in [2.75, 3.05) is 0 Å². The van der Waals surface area contributed by atoms with Crippen molar-refractivity contribution < 1.29 is 0 Å². The van der Waals surface area contributed by atoms with Crippen LogP contribution in [0.4, 0.5) is 0 Å². The van der Waals surface area contributed by atoms with Gasteiger partial charge in [-0.05, 0) is 34.9 Å². The Morgan fingerprint density at radius 2 is 1.69 bits per heavy atom. The molecule has 0 heterocycles. The predicted molar refractivity (Wildman–Crippen MR) is 73.7 cm³/mol. The number of benzene rings is 1. The van der Waals surface area contributed by atoms with Gasteiger partial charge in [-0.25, -0.2) is 0 Å². The Labute approximate surface area is 109 Å². The fraction of sp³-hybridized carbons (Fsp3) is 0.571. The molecule has 0 aliphatic rings. The summed E-state index contributed by atoms with van der Waals surface area (Å²) >= 11 is 12.7. The smallest absolute Gasteiger partial charge is 0.0490 e. The Morgan fingerprint density at radius 1 is 1.12 bits per heavy atom. The van der Waals surface area contributed by atoms with Gasteiger partial charge in [0.2, 0.25) is 0 Å². The van der Waals surface area contributed by atoms with Crippen molar-refractivity contribution in [2.24, 2.45) is 5.92 Å². The van der Waals surface area contributed by atoms with Gasteiger partial charge in [-0.15, -0.1) is 0 Å². The van der Waals surface area contributed by atoms with E-state index in [0.717, 1.165) is 22.0 Å². The van der Waals surface area contributed by atoms with Gasteiger partial charge in [0.15, 0.2) is 0 Å². The SMILES string of the molecule is CC(C)Cc1ccc(Cl)c(C(C)(C)C)c1Cl. The fourth-order valence-corrected chi connectivity index (χ4v) is 2.90. The van der Waals surface area contributed by atoms with E-state index < -0.39 is 0 Å². The molecule has 0 atom stereocenters. The summed E-state index contributed by atoms with van der Waals surface area (Å²) in [7, 11) is 0. The molecule has 0 saturated heterocycles. The van der Waals surface area contributed by atoms with Crippen LogP contribution in [0.2, 0.25) is 10.0 Å². The van der Waals surface area contributed by atoms with Crippen LogP contribution < -0.4 is 0 Å². The van der Waals surface area contributed by atoms with Crippen molar-refractivity contribution in [1.82, 2.24) is 0 Å². The molecular formula is C14H20Cl2. The fourth-order valence-electron chi connectivity index (χ4n) is 1.88. The first-order valence-corrected chi connectivity index (χ1v) is 6.46. The topological polar surface area (TPSA) is 0 Å². The van der Waals surface area contributed by atoms with Crippen LogP contribution in [0.25, 0.3) is 0 Å². The summed E-state index contributed by atoms with van der Waals surface area (Å²) < 4.78 is 0. The van der Waals surface area contributed by atoms with Crippen LogP contribution in [0.15, 0.2) is 12.1 Å². The van der Waals surface area contributed by atoms with Gasteiger partial charge in [0.1, 0.15) is 0 Å². The summed E-state index contributed by atoms with van der Waals surface area (Å²) in [5, 5.41) is 1.61. The minimum Gasteiger partial charge on any atom is -0.0840 e. The first kappa shape index (κ1) is 13.9. The van der Waals surface area contributed by atoms with Gasteiger partial charge in [-0.1, -0.05) is 63.9 Å². The molecule has 0 saturated carbocycles. The lowest BCUT2D eigenvalue weighted by molar-refractivity contribution is 0.586. The average molecular weight is 259 g/mol. The molecular weight excluding hydrogens is 239 g/mol. The molecule has 0 aliphatic carbocycles. The molecule has 0 N–H and O–H groups in total. The second-order valence-corrected chi connectivity index (χ2v) is 6.53. The third-order valence-electron chi connectivity index (χ3n) is 2.55. The molecule has 0 amide bonds. The van der Waals surface area contributed by atoms with E-state index in [4.69, 9.17) is 23.2 Å². The molecule has 0 aromatic heterocycles. The highest BCUT2D eigenvalue weighted by Gasteiger charge is 2.22. The number of halogens is 2. The number of hydrogen-bond acceptors (Lipinski definition) is 0. The van der Waals surface area contributed by atoms with Crippen molar-refractivity contribution in [2.45, 2.75) is 46.5 Å². The lowest BCUT2D eigenvalue weighted by Gasteiger charge is -2.24. The molecule has 16 heavy (non-hydrogen) atoms. The van der Waals surface area contributed by atoms with E-state index in [0.29, 0.717) is 5.92 Å². The Balaban J connectivity index is 3.28. The lowest BCUT2D eigenvalue weighted by atomic mass is 9.85. The maximum atomic E-state index is 6.46. The highest BCUT2D eigenvalue weighted by atomic mass is 35.5. The van der Waals surface area contributed by atoms with Crippen molar-refractivity contribution in [1.29, 1.82) is 0 Å². The second kappa shape index (κ2) is 4.98. The Kier molecular flexibility index (Phi) is 4.31. The monoisotopic (exact) mass is 258 g/mol. The minimum absolute atomic E-state index is 0.0127. The molecule has 0 nitrogen and oxygen atoms in total. The van der Waals surface area contributed by atoms with E-state index in [-0.39, 0.29) is 5.41 Å². The van der Waals surface area contributed by atoms with Crippen LogP contribution in [0.1, 0.15) is 45.7 Å². The van der Waals surface area contributed by atoms with Crippen LogP contribution in [0.3, 0.4) is 0 Å². The highest BCUT2D eigenvalue weighted by Crippen LogP contribution is 2.38. The van der Waals surface area contributed by atoms with Gasteiger partial charge in [-0.3, -0.25) is 0 Å². The summed E-state index contributed by atoms with van der Waals surface area (Å²) in [6.45, 7) is 10.8. The average Bonchev–Trinajstić information content (AvgIpc) is 2.07. The molecule has 90 valence electrons. The molecule has 0 spiro atoms. The second-order valence-electron chi connectivity index (χ2n) is 5.74. The van der Waals surface area contributed by atoms with Crippen LogP contribution >= 0.6 is 23.2 Å². The molecule has 0 aliphatic heterocycles. The van der Waals surface area contributed by atoms with E-state index in [1.165, 1.54) is 5.56 Å². The molecule has 1 aromatic carbocycles. The van der Waals surface area contributed by atoms with E-state index in [1.807, 2.05) is 12.1 Å². The molecule has 0 unspecified atom stereocenters. The van der Waals surface area contributed by atoms with Crippen LogP contribution in [0.5, 0.6) is 0 Å².